The Morgan fingerprint density at radius 3 is 2.76 bits per heavy atom. The lowest BCUT2D eigenvalue weighted by Gasteiger charge is -2.16. The fraction of sp³-hybridized carbons (Fsp3) is 0.357. The number of hydrogen-bond acceptors (Lipinski definition) is 2. The van der Waals surface area contributed by atoms with Crippen molar-refractivity contribution >= 4 is 11.0 Å². The average Bonchev–Trinajstić information content (AvgIpc) is 2.68. The highest BCUT2D eigenvalue weighted by Crippen LogP contribution is 2.23. The molecule has 3 heteroatoms. The molecule has 1 atom stereocenters. The first-order chi connectivity index (χ1) is 8.15. The van der Waals surface area contributed by atoms with Crippen molar-refractivity contribution in [2.75, 3.05) is 0 Å². The Morgan fingerprint density at radius 2 is 2.12 bits per heavy atom. The summed E-state index contributed by atoms with van der Waals surface area (Å²) in [4.78, 5) is 4.64. The zero-order chi connectivity index (χ0) is 12.4. The molecule has 0 spiro atoms. The Hall–Kier alpha value is -1.61. The van der Waals surface area contributed by atoms with Crippen molar-refractivity contribution in [2.24, 2.45) is 11.7 Å². The zero-order valence-corrected chi connectivity index (χ0v) is 10.4. The van der Waals surface area contributed by atoms with Gasteiger partial charge in [-0.25, -0.2) is 4.98 Å². The van der Waals surface area contributed by atoms with Crippen molar-refractivity contribution in [3.05, 3.63) is 42.7 Å². The maximum absolute atomic E-state index is 6.22. The van der Waals surface area contributed by atoms with Crippen LogP contribution in [0.15, 0.2) is 36.9 Å². The van der Waals surface area contributed by atoms with Gasteiger partial charge in [-0.3, -0.25) is 0 Å². The molecule has 0 aliphatic carbocycles. The molecule has 2 N–H and O–H groups in total. The Labute approximate surface area is 102 Å². The van der Waals surface area contributed by atoms with Crippen LogP contribution in [0.4, 0.5) is 0 Å². The van der Waals surface area contributed by atoms with Crippen molar-refractivity contribution < 1.29 is 0 Å². The summed E-state index contributed by atoms with van der Waals surface area (Å²) < 4.78 is 2.15. The minimum absolute atomic E-state index is 0.0395. The molecule has 0 fully saturated rings. The number of benzene rings is 1. The van der Waals surface area contributed by atoms with Crippen LogP contribution in [-0.4, -0.2) is 9.55 Å². The summed E-state index contributed by atoms with van der Waals surface area (Å²) in [5.41, 5.74) is 8.34. The third-order valence-corrected chi connectivity index (χ3v) is 3.01. The molecule has 90 valence electrons. The first-order valence-electron chi connectivity index (χ1n) is 5.96. The fourth-order valence-electron chi connectivity index (χ4n) is 1.97. The maximum atomic E-state index is 6.22. The maximum Gasteiger partial charge on any atom is 0.127 e. The Kier molecular flexibility index (Phi) is 3.29. The van der Waals surface area contributed by atoms with E-state index in [1.807, 2.05) is 24.3 Å². The molecule has 0 aliphatic rings. The van der Waals surface area contributed by atoms with Crippen LogP contribution >= 0.6 is 0 Å². The highest BCUT2D eigenvalue weighted by molar-refractivity contribution is 5.76. The molecule has 0 bridgehead atoms. The van der Waals surface area contributed by atoms with Crippen LogP contribution in [0.3, 0.4) is 0 Å². The normalized spacial score (nSPS) is 13.2. The molecule has 1 aromatic heterocycles. The molecular formula is C14H19N3. The van der Waals surface area contributed by atoms with E-state index in [9.17, 15) is 0 Å². The molecule has 0 radical (unpaired) electrons. The molecule has 0 saturated heterocycles. The first kappa shape index (κ1) is 11.9. The number of para-hydroxylation sites is 2. The minimum Gasteiger partial charge on any atom is -0.323 e. The first-order valence-corrected chi connectivity index (χ1v) is 5.96. The fourth-order valence-corrected chi connectivity index (χ4v) is 1.97. The van der Waals surface area contributed by atoms with Gasteiger partial charge in [-0.15, -0.1) is 6.58 Å². The molecular weight excluding hydrogens is 210 g/mol. The summed E-state index contributed by atoms with van der Waals surface area (Å²) in [5, 5.41) is 0. The lowest BCUT2D eigenvalue weighted by molar-refractivity contribution is 0.476. The molecule has 1 heterocycles. The number of nitrogens with two attached hydrogens (primary N) is 1. The molecule has 1 aromatic carbocycles. The summed E-state index contributed by atoms with van der Waals surface area (Å²) in [6.07, 6.45) is 1.88. The van der Waals surface area contributed by atoms with Crippen LogP contribution < -0.4 is 5.73 Å². The monoisotopic (exact) mass is 229 g/mol. The molecule has 17 heavy (non-hydrogen) atoms. The number of hydrogen-bond donors (Lipinski definition) is 1. The summed E-state index contributed by atoms with van der Waals surface area (Å²) in [6.45, 7) is 8.77. The van der Waals surface area contributed by atoms with Gasteiger partial charge in [0, 0.05) is 6.54 Å². The van der Waals surface area contributed by atoms with Crippen LogP contribution in [0.5, 0.6) is 0 Å². The molecule has 3 nitrogen and oxygen atoms in total. The average molecular weight is 229 g/mol. The van der Waals surface area contributed by atoms with E-state index < -0.39 is 0 Å². The smallest absolute Gasteiger partial charge is 0.127 e. The SMILES string of the molecule is C=CCn1c(C(N)C(C)C)nc2ccccc21. The van der Waals surface area contributed by atoms with E-state index in [1.54, 1.807) is 0 Å². The number of fused-ring (bicyclic) bond motifs is 1. The molecule has 1 unspecified atom stereocenters. The van der Waals surface area contributed by atoms with Gasteiger partial charge in [-0.1, -0.05) is 32.1 Å². The second kappa shape index (κ2) is 4.72. The standard InChI is InChI=1S/C14H19N3/c1-4-9-17-12-8-6-5-7-11(12)16-14(17)13(15)10(2)3/h4-8,10,13H,1,9,15H2,2-3H3. The van der Waals surface area contributed by atoms with E-state index in [2.05, 4.69) is 36.0 Å². The Bertz CT molecular complexity index is 525. The van der Waals surface area contributed by atoms with Crippen LogP contribution in [0.25, 0.3) is 11.0 Å². The topological polar surface area (TPSA) is 43.8 Å². The van der Waals surface area contributed by atoms with Crippen molar-refractivity contribution in [1.82, 2.24) is 9.55 Å². The Morgan fingerprint density at radius 1 is 1.41 bits per heavy atom. The number of allylic oxidation sites excluding steroid dienone is 1. The summed E-state index contributed by atoms with van der Waals surface area (Å²) >= 11 is 0. The van der Waals surface area contributed by atoms with E-state index in [-0.39, 0.29) is 6.04 Å². The number of imidazole rings is 1. The van der Waals surface area contributed by atoms with Gasteiger partial charge in [-0.2, -0.15) is 0 Å². The van der Waals surface area contributed by atoms with Gasteiger partial charge in [0.2, 0.25) is 0 Å². The molecule has 2 rings (SSSR count). The minimum atomic E-state index is -0.0395. The Balaban J connectivity index is 2.60. The number of nitrogens with zero attached hydrogens (tertiary/aromatic N) is 2. The van der Waals surface area contributed by atoms with Gasteiger partial charge in [0.25, 0.3) is 0 Å². The predicted octanol–water partition coefficient (Wildman–Crippen LogP) is 2.88. The van der Waals surface area contributed by atoms with Gasteiger partial charge >= 0.3 is 0 Å². The lowest BCUT2D eigenvalue weighted by atomic mass is 10.1. The van der Waals surface area contributed by atoms with Crippen molar-refractivity contribution in [1.29, 1.82) is 0 Å². The van der Waals surface area contributed by atoms with Crippen LogP contribution in [0, 0.1) is 5.92 Å². The van der Waals surface area contributed by atoms with E-state index in [4.69, 9.17) is 5.73 Å². The summed E-state index contributed by atoms with van der Waals surface area (Å²) in [5.74, 6) is 1.32. The largest absolute Gasteiger partial charge is 0.323 e. The van der Waals surface area contributed by atoms with Crippen molar-refractivity contribution in [3.63, 3.8) is 0 Å². The highest BCUT2D eigenvalue weighted by Gasteiger charge is 2.18. The summed E-state index contributed by atoms with van der Waals surface area (Å²) in [6, 6.07) is 8.07. The highest BCUT2D eigenvalue weighted by atomic mass is 15.1. The summed E-state index contributed by atoms with van der Waals surface area (Å²) in [7, 11) is 0. The van der Waals surface area contributed by atoms with Gasteiger partial charge in [0.15, 0.2) is 0 Å². The van der Waals surface area contributed by atoms with Crippen LogP contribution in [-0.2, 0) is 6.54 Å². The quantitative estimate of drug-likeness (QED) is 0.819. The van der Waals surface area contributed by atoms with E-state index in [1.165, 1.54) is 0 Å². The van der Waals surface area contributed by atoms with Crippen LogP contribution in [0.1, 0.15) is 25.7 Å². The number of rotatable bonds is 4. The van der Waals surface area contributed by atoms with Gasteiger partial charge in [0.05, 0.1) is 17.1 Å². The van der Waals surface area contributed by atoms with Gasteiger partial charge < -0.3 is 10.3 Å². The van der Waals surface area contributed by atoms with Crippen LogP contribution in [0.2, 0.25) is 0 Å². The van der Waals surface area contributed by atoms with E-state index in [0.29, 0.717) is 5.92 Å². The molecule has 0 saturated carbocycles. The van der Waals surface area contributed by atoms with Crippen molar-refractivity contribution in [2.45, 2.75) is 26.4 Å². The third-order valence-electron chi connectivity index (χ3n) is 3.01. The number of aromatic nitrogens is 2. The predicted molar refractivity (Wildman–Crippen MR) is 71.7 cm³/mol. The van der Waals surface area contributed by atoms with Gasteiger partial charge in [-0.05, 0) is 18.1 Å². The van der Waals surface area contributed by atoms with E-state index in [0.717, 1.165) is 23.4 Å². The second-order valence-electron chi connectivity index (χ2n) is 4.63. The molecule has 2 aromatic rings. The zero-order valence-electron chi connectivity index (χ0n) is 10.4. The third kappa shape index (κ3) is 2.11. The lowest BCUT2D eigenvalue weighted by Crippen LogP contribution is -2.21. The van der Waals surface area contributed by atoms with Gasteiger partial charge in [0.1, 0.15) is 5.82 Å². The van der Waals surface area contributed by atoms with Crippen molar-refractivity contribution in [3.8, 4) is 0 Å². The second-order valence-corrected chi connectivity index (χ2v) is 4.63. The molecule has 0 aliphatic heterocycles. The molecule has 0 amide bonds. The van der Waals surface area contributed by atoms with E-state index >= 15 is 0 Å².